The van der Waals surface area contributed by atoms with E-state index in [1.807, 2.05) is 19.2 Å². The van der Waals surface area contributed by atoms with Crippen LogP contribution in [0.25, 0.3) is 0 Å². The van der Waals surface area contributed by atoms with Crippen LogP contribution in [-0.2, 0) is 16.4 Å². The van der Waals surface area contributed by atoms with Crippen molar-refractivity contribution >= 4 is 32.2 Å². The average Bonchev–Trinajstić information content (AvgIpc) is 3.06. The second-order valence-electron chi connectivity index (χ2n) is 5.24. The molecule has 114 valence electrons. The van der Waals surface area contributed by atoms with Crippen LogP contribution in [0, 0.1) is 0 Å². The maximum absolute atomic E-state index is 12.4. The van der Waals surface area contributed by atoms with Crippen molar-refractivity contribution in [3.8, 4) is 0 Å². The summed E-state index contributed by atoms with van der Waals surface area (Å²) < 4.78 is 30.6. The van der Waals surface area contributed by atoms with E-state index in [4.69, 9.17) is 5.73 Å². The minimum Gasteiger partial charge on any atom is -0.382 e. The number of rotatable bonds is 6. The first kappa shape index (κ1) is 14.3. The lowest BCUT2D eigenvalue weighted by Gasteiger charge is -2.15. The summed E-state index contributed by atoms with van der Waals surface area (Å²) in [5, 5.41) is 7.56. The summed E-state index contributed by atoms with van der Waals surface area (Å²) in [6.07, 6.45) is 4.99. The van der Waals surface area contributed by atoms with Crippen molar-refractivity contribution in [1.82, 2.24) is 14.2 Å². The number of hydrogen-bond donors (Lipinski definition) is 2. The van der Waals surface area contributed by atoms with E-state index in [1.165, 1.54) is 0 Å². The van der Waals surface area contributed by atoms with Gasteiger partial charge < -0.3 is 11.1 Å². The molecule has 0 aromatic carbocycles. The van der Waals surface area contributed by atoms with E-state index in [9.17, 15) is 8.42 Å². The zero-order valence-electron chi connectivity index (χ0n) is 11.6. The largest absolute Gasteiger partial charge is 0.382 e. The molecular formula is C12H17N5O2S2. The van der Waals surface area contributed by atoms with E-state index >= 15 is 0 Å². The molecule has 1 unspecified atom stereocenters. The zero-order chi connectivity index (χ0) is 15.0. The summed E-state index contributed by atoms with van der Waals surface area (Å²) in [5.41, 5.74) is 5.77. The van der Waals surface area contributed by atoms with Gasteiger partial charge >= 0.3 is 0 Å². The molecular weight excluding hydrogens is 310 g/mol. The Morgan fingerprint density at radius 3 is 2.95 bits per heavy atom. The van der Waals surface area contributed by atoms with E-state index in [2.05, 4.69) is 14.8 Å². The number of nitrogens with two attached hydrogens (primary N) is 1. The minimum absolute atomic E-state index is 0.0119. The zero-order valence-corrected chi connectivity index (χ0v) is 13.2. The third-order valence-corrected chi connectivity index (χ3v) is 6.57. The first-order valence-electron chi connectivity index (χ1n) is 6.71. The second kappa shape index (κ2) is 5.30. The molecule has 9 heteroatoms. The van der Waals surface area contributed by atoms with E-state index in [-0.39, 0.29) is 22.0 Å². The quantitative estimate of drug-likeness (QED) is 0.830. The molecule has 2 aromatic rings. The van der Waals surface area contributed by atoms with Crippen LogP contribution in [-0.4, -0.2) is 33.9 Å². The lowest BCUT2D eigenvalue weighted by Crippen LogP contribution is -2.23. The van der Waals surface area contributed by atoms with Crippen LogP contribution < -0.4 is 11.1 Å². The normalized spacial score (nSPS) is 16.8. The van der Waals surface area contributed by atoms with Crippen LogP contribution in [0.1, 0.15) is 19.8 Å². The van der Waals surface area contributed by atoms with Crippen molar-refractivity contribution in [1.29, 1.82) is 0 Å². The Labute approximate surface area is 127 Å². The minimum atomic E-state index is -3.35. The molecule has 7 nitrogen and oxygen atoms in total. The van der Waals surface area contributed by atoms with Gasteiger partial charge in [0.05, 0.1) is 11.8 Å². The van der Waals surface area contributed by atoms with Gasteiger partial charge in [-0.1, -0.05) is 0 Å². The van der Waals surface area contributed by atoms with Gasteiger partial charge in [-0.3, -0.25) is 4.68 Å². The molecule has 1 aliphatic carbocycles. The highest BCUT2D eigenvalue weighted by Gasteiger charge is 2.40. The smallest absolute Gasteiger partial charge is 0.187 e. The van der Waals surface area contributed by atoms with Crippen LogP contribution in [0.5, 0.6) is 0 Å². The van der Waals surface area contributed by atoms with Gasteiger partial charge in [0.1, 0.15) is 9.90 Å². The Hall–Kier alpha value is -1.61. The fourth-order valence-corrected chi connectivity index (χ4v) is 5.15. The number of sulfone groups is 1. The Morgan fingerprint density at radius 1 is 1.57 bits per heavy atom. The monoisotopic (exact) mass is 327 g/mol. The third-order valence-electron chi connectivity index (χ3n) is 3.32. The first-order chi connectivity index (χ1) is 9.98. The van der Waals surface area contributed by atoms with Crippen LogP contribution in [0.3, 0.4) is 0 Å². The van der Waals surface area contributed by atoms with E-state index in [0.717, 1.165) is 11.5 Å². The lowest BCUT2D eigenvalue weighted by atomic mass is 10.3. The maximum atomic E-state index is 12.4. The molecule has 2 heterocycles. The number of nitrogens with one attached hydrogen (secondary N) is 1. The van der Waals surface area contributed by atoms with E-state index in [1.54, 1.807) is 10.9 Å². The molecule has 3 N–H and O–H groups in total. The standard InChI is InChI=1S/C12H17N5O2S2/c1-8(7-17-6-2-5-14-17)15-12-10(11(13)16-20-12)21(18,19)9-3-4-9/h2,5-6,8-9,15H,3-4,7H2,1H3,(H2,13,16). The summed E-state index contributed by atoms with van der Waals surface area (Å²) in [6.45, 7) is 2.60. The molecule has 0 bridgehead atoms. The fourth-order valence-electron chi connectivity index (χ4n) is 2.16. The first-order valence-corrected chi connectivity index (χ1v) is 9.03. The Bertz CT molecular complexity index is 719. The van der Waals surface area contributed by atoms with Crippen molar-refractivity contribution in [3.63, 3.8) is 0 Å². The number of nitrogen functional groups attached to an aromatic ring is 1. The molecule has 0 saturated heterocycles. The number of nitrogens with zero attached hydrogens (tertiary/aromatic N) is 3. The molecule has 3 rings (SSSR count). The topological polar surface area (TPSA) is 103 Å². The Kier molecular flexibility index (Phi) is 3.62. The van der Waals surface area contributed by atoms with Crippen LogP contribution >= 0.6 is 11.5 Å². The third kappa shape index (κ3) is 2.88. The molecule has 1 fully saturated rings. The van der Waals surface area contributed by atoms with Crippen LogP contribution in [0.2, 0.25) is 0 Å². The van der Waals surface area contributed by atoms with Crippen molar-refractivity contribution in [2.45, 2.75) is 42.5 Å². The highest BCUT2D eigenvalue weighted by Crippen LogP contribution is 2.41. The highest BCUT2D eigenvalue weighted by molar-refractivity contribution is 7.92. The molecule has 1 aliphatic rings. The Balaban J connectivity index is 1.80. The maximum Gasteiger partial charge on any atom is 0.187 e. The summed E-state index contributed by atoms with van der Waals surface area (Å²) in [5.74, 6) is 0.0979. The molecule has 0 radical (unpaired) electrons. The molecule has 2 aromatic heterocycles. The fraction of sp³-hybridized carbons (Fsp3) is 0.500. The number of hydrogen-bond acceptors (Lipinski definition) is 7. The number of aromatic nitrogens is 3. The molecule has 0 aliphatic heterocycles. The molecule has 21 heavy (non-hydrogen) atoms. The summed E-state index contributed by atoms with van der Waals surface area (Å²) >= 11 is 1.09. The second-order valence-corrected chi connectivity index (χ2v) is 8.18. The van der Waals surface area contributed by atoms with Gasteiger partial charge in [-0.25, -0.2) is 8.42 Å². The predicted molar refractivity (Wildman–Crippen MR) is 82.0 cm³/mol. The number of anilines is 2. The van der Waals surface area contributed by atoms with Gasteiger partial charge in [-0.05, 0) is 37.4 Å². The van der Waals surface area contributed by atoms with Crippen LogP contribution in [0.4, 0.5) is 10.8 Å². The van der Waals surface area contributed by atoms with Gasteiger partial charge in [-0.15, -0.1) is 0 Å². The molecule has 1 saturated carbocycles. The van der Waals surface area contributed by atoms with Gasteiger partial charge in [0, 0.05) is 18.4 Å². The van der Waals surface area contributed by atoms with Gasteiger partial charge in [-0.2, -0.15) is 9.47 Å². The molecule has 0 amide bonds. The van der Waals surface area contributed by atoms with Gasteiger partial charge in [0.2, 0.25) is 0 Å². The van der Waals surface area contributed by atoms with Gasteiger partial charge in [0.15, 0.2) is 15.7 Å². The van der Waals surface area contributed by atoms with Crippen molar-refractivity contribution in [2.24, 2.45) is 0 Å². The van der Waals surface area contributed by atoms with E-state index < -0.39 is 9.84 Å². The highest BCUT2D eigenvalue weighted by atomic mass is 32.2. The summed E-state index contributed by atoms with van der Waals surface area (Å²) in [6, 6.07) is 1.86. The van der Waals surface area contributed by atoms with E-state index in [0.29, 0.717) is 24.4 Å². The molecule has 1 atom stereocenters. The average molecular weight is 327 g/mol. The SMILES string of the molecule is CC(Cn1cccn1)Nc1snc(N)c1S(=O)(=O)C1CC1. The van der Waals surface area contributed by atoms with Crippen molar-refractivity contribution in [2.75, 3.05) is 11.1 Å². The van der Waals surface area contributed by atoms with Crippen molar-refractivity contribution in [3.05, 3.63) is 18.5 Å². The van der Waals surface area contributed by atoms with Crippen LogP contribution in [0.15, 0.2) is 23.4 Å². The molecule has 0 spiro atoms. The lowest BCUT2D eigenvalue weighted by molar-refractivity contribution is 0.560. The summed E-state index contributed by atoms with van der Waals surface area (Å²) in [7, 11) is -3.35. The Morgan fingerprint density at radius 2 is 2.33 bits per heavy atom. The predicted octanol–water partition coefficient (Wildman–Crippen LogP) is 1.36. The van der Waals surface area contributed by atoms with Gasteiger partial charge in [0.25, 0.3) is 0 Å². The summed E-state index contributed by atoms with van der Waals surface area (Å²) in [4.78, 5) is 0.169. The van der Waals surface area contributed by atoms with Crippen molar-refractivity contribution < 1.29 is 8.42 Å².